The maximum absolute atomic E-state index is 12.3. The van der Waals surface area contributed by atoms with Gasteiger partial charge in [0.15, 0.2) is 5.82 Å². The van der Waals surface area contributed by atoms with Gasteiger partial charge in [-0.15, -0.1) is 0 Å². The molecular formula is C10H14F3N3O. The summed E-state index contributed by atoms with van der Waals surface area (Å²) in [6.07, 6.45) is -2.60. The van der Waals surface area contributed by atoms with Crippen LogP contribution in [0, 0.1) is 0 Å². The lowest BCUT2D eigenvalue weighted by Crippen LogP contribution is -2.26. The first-order valence-electron chi connectivity index (χ1n) is 5.25. The summed E-state index contributed by atoms with van der Waals surface area (Å²) in [7, 11) is 1.41. The van der Waals surface area contributed by atoms with Crippen LogP contribution in [0.5, 0.6) is 0 Å². The number of anilines is 1. The summed E-state index contributed by atoms with van der Waals surface area (Å²) in [6, 6.07) is 0.823. The fourth-order valence-electron chi connectivity index (χ4n) is 1.25. The molecule has 0 aliphatic heterocycles. The molecule has 0 aromatic carbocycles. The van der Waals surface area contributed by atoms with E-state index in [0.717, 1.165) is 17.4 Å². The Morgan fingerprint density at radius 2 is 2.18 bits per heavy atom. The highest BCUT2D eigenvalue weighted by atomic mass is 19.4. The van der Waals surface area contributed by atoms with Gasteiger partial charge in [-0.2, -0.15) is 18.3 Å². The van der Waals surface area contributed by atoms with E-state index in [-0.39, 0.29) is 11.7 Å². The molecule has 1 aromatic heterocycles. The van der Waals surface area contributed by atoms with Gasteiger partial charge in [0.2, 0.25) is 5.91 Å². The Kier molecular flexibility index (Phi) is 4.14. The molecule has 0 atom stereocenters. The summed E-state index contributed by atoms with van der Waals surface area (Å²) in [6.45, 7) is 1.93. The van der Waals surface area contributed by atoms with Crippen LogP contribution in [-0.4, -0.2) is 23.2 Å². The number of nitrogens with zero attached hydrogens (tertiary/aromatic N) is 2. The molecule has 0 saturated carbocycles. The minimum absolute atomic E-state index is 0.0153. The van der Waals surface area contributed by atoms with Crippen molar-refractivity contribution in [2.24, 2.45) is 0 Å². The van der Waals surface area contributed by atoms with Crippen LogP contribution in [0.15, 0.2) is 6.07 Å². The van der Waals surface area contributed by atoms with E-state index in [9.17, 15) is 18.0 Å². The molecule has 96 valence electrons. The number of amides is 1. The van der Waals surface area contributed by atoms with Crippen LogP contribution in [0.4, 0.5) is 19.0 Å². The van der Waals surface area contributed by atoms with Crippen LogP contribution in [0.25, 0.3) is 0 Å². The highest BCUT2D eigenvalue weighted by Gasteiger charge is 2.33. The lowest BCUT2D eigenvalue weighted by molar-refractivity contribution is -0.141. The van der Waals surface area contributed by atoms with Crippen LogP contribution >= 0.6 is 0 Å². The van der Waals surface area contributed by atoms with Gasteiger partial charge in [0, 0.05) is 19.5 Å². The third-order valence-electron chi connectivity index (χ3n) is 2.33. The molecule has 0 aliphatic rings. The van der Waals surface area contributed by atoms with Gasteiger partial charge in [-0.3, -0.25) is 14.8 Å². The van der Waals surface area contributed by atoms with Gasteiger partial charge >= 0.3 is 6.18 Å². The Hall–Kier alpha value is -1.53. The van der Waals surface area contributed by atoms with Crippen molar-refractivity contribution in [3.8, 4) is 0 Å². The number of nitrogens with one attached hydrogen (secondary N) is 1. The van der Waals surface area contributed by atoms with E-state index in [1.807, 2.05) is 12.0 Å². The molecular weight excluding hydrogens is 235 g/mol. The average Bonchev–Trinajstić information content (AvgIpc) is 2.73. The van der Waals surface area contributed by atoms with Crippen LogP contribution in [-0.2, 0) is 11.0 Å². The SMILES string of the molecule is CCCCC(=O)N(C)c1cc(C(F)(F)F)[nH]n1. The maximum atomic E-state index is 12.3. The summed E-state index contributed by atoms with van der Waals surface area (Å²) < 4.78 is 36.9. The number of unbranched alkanes of at least 4 members (excludes halogenated alkanes) is 1. The lowest BCUT2D eigenvalue weighted by atomic mass is 10.2. The summed E-state index contributed by atoms with van der Waals surface area (Å²) in [5, 5.41) is 5.34. The number of rotatable bonds is 4. The van der Waals surface area contributed by atoms with Gasteiger partial charge in [0.1, 0.15) is 5.69 Å². The topological polar surface area (TPSA) is 49.0 Å². The number of halogens is 3. The van der Waals surface area contributed by atoms with E-state index in [1.54, 1.807) is 0 Å². The van der Waals surface area contributed by atoms with Crippen molar-refractivity contribution in [1.29, 1.82) is 0 Å². The van der Waals surface area contributed by atoms with Crippen molar-refractivity contribution in [3.05, 3.63) is 11.8 Å². The number of alkyl halides is 3. The number of H-pyrrole nitrogens is 1. The molecule has 4 nitrogen and oxygen atoms in total. The van der Waals surface area contributed by atoms with Gasteiger partial charge < -0.3 is 0 Å². The second-order valence-corrected chi connectivity index (χ2v) is 3.69. The Morgan fingerprint density at radius 1 is 1.53 bits per heavy atom. The predicted molar refractivity (Wildman–Crippen MR) is 56.5 cm³/mol. The zero-order valence-electron chi connectivity index (χ0n) is 9.64. The number of hydrogen-bond donors (Lipinski definition) is 1. The number of aromatic amines is 1. The summed E-state index contributed by atoms with van der Waals surface area (Å²) >= 11 is 0. The highest BCUT2D eigenvalue weighted by molar-refractivity contribution is 5.91. The number of hydrogen-bond acceptors (Lipinski definition) is 2. The monoisotopic (exact) mass is 249 g/mol. The maximum Gasteiger partial charge on any atom is 0.432 e. The molecule has 1 rings (SSSR count). The number of carbonyl (C=O) groups excluding carboxylic acids is 1. The summed E-state index contributed by atoms with van der Waals surface area (Å²) in [5.74, 6) is -0.259. The van der Waals surface area contributed by atoms with Gasteiger partial charge in [-0.05, 0) is 6.42 Å². The van der Waals surface area contributed by atoms with Gasteiger partial charge in [-0.25, -0.2) is 0 Å². The average molecular weight is 249 g/mol. The molecule has 7 heteroatoms. The van der Waals surface area contributed by atoms with E-state index in [1.165, 1.54) is 7.05 Å². The standard InChI is InChI=1S/C10H14F3N3O/c1-3-4-5-9(17)16(2)8-6-7(14-15-8)10(11,12)13/h6H,3-5H2,1-2H3,(H,14,15). The second-order valence-electron chi connectivity index (χ2n) is 3.69. The number of aromatic nitrogens is 2. The van der Waals surface area contributed by atoms with Crippen LogP contribution in [0.2, 0.25) is 0 Å². The van der Waals surface area contributed by atoms with E-state index in [0.29, 0.717) is 12.8 Å². The first-order valence-corrected chi connectivity index (χ1v) is 5.25. The molecule has 0 aliphatic carbocycles. The third kappa shape index (κ3) is 3.47. The molecule has 1 amide bonds. The minimum Gasteiger partial charge on any atom is -0.298 e. The smallest absolute Gasteiger partial charge is 0.298 e. The normalized spacial score (nSPS) is 11.6. The summed E-state index contributed by atoms with van der Waals surface area (Å²) in [5.41, 5.74) is -0.956. The lowest BCUT2D eigenvalue weighted by Gasteiger charge is -2.13. The first-order chi connectivity index (χ1) is 7.86. The largest absolute Gasteiger partial charge is 0.432 e. The van der Waals surface area contributed by atoms with Gasteiger partial charge in [0.05, 0.1) is 0 Å². The molecule has 0 radical (unpaired) electrons. The molecule has 1 N–H and O–H groups in total. The zero-order chi connectivity index (χ0) is 13.1. The first kappa shape index (κ1) is 13.5. The van der Waals surface area contributed by atoms with Crippen molar-refractivity contribution in [2.45, 2.75) is 32.4 Å². The van der Waals surface area contributed by atoms with Crippen LogP contribution in [0.3, 0.4) is 0 Å². The molecule has 1 heterocycles. The minimum atomic E-state index is -4.47. The van der Waals surface area contributed by atoms with E-state index in [4.69, 9.17) is 0 Å². The van der Waals surface area contributed by atoms with Crippen molar-refractivity contribution in [1.82, 2.24) is 10.2 Å². The Morgan fingerprint density at radius 3 is 2.65 bits per heavy atom. The molecule has 17 heavy (non-hydrogen) atoms. The molecule has 0 unspecified atom stereocenters. The second kappa shape index (κ2) is 5.20. The van der Waals surface area contributed by atoms with Crippen LogP contribution in [0.1, 0.15) is 31.9 Å². The van der Waals surface area contributed by atoms with E-state index in [2.05, 4.69) is 5.10 Å². The van der Waals surface area contributed by atoms with Crippen molar-refractivity contribution in [2.75, 3.05) is 11.9 Å². The van der Waals surface area contributed by atoms with Crippen molar-refractivity contribution < 1.29 is 18.0 Å². The van der Waals surface area contributed by atoms with Gasteiger partial charge in [0.25, 0.3) is 0 Å². The molecule has 0 saturated heterocycles. The Labute approximate surface area is 96.8 Å². The summed E-state index contributed by atoms with van der Waals surface area (Å²) in [4.78, 5) is 12.7. The predicted octanol–water partition coefficient (Wildman–Crippen LogP) is 2.58. The fourth-order valence-corrected chi connectivity index (χ4v) is 1.25. The fraction of sp³-hybridized carbons (Fsp3) is 0.600. The molecule has 1 aromatic rings. The Bertz CT molecular complexity index is 386. The van der Waals surface area contributed by atoms with E-state index >= 15 is 0 Å². The van der Waals surface area contributed by atoms with Crippen molar-refractivity contribution >= 4 is 11.7 Å². The quantitative estimate of drug-likeness (QED) is 0.891. The zero-order valence-corrected chi connectivity index (χ0v) is 9.64. The molecule has 0 bridgehead atoms. The highest BCUT2D eigenvalue weighted by Crippen LogP contribution is 2.29. The third-order valence-corrected chi connectivity index (χ3v) is 2.33. The molecule has 0 fully saturated rings. The van der Waals surface area contributed by atoms with Gasteiger partial charge in [-0.1, -0.05) is 13.3 Å². The van der Waals surface area contributed by atoms with E-state index < -0.39 is 11.9 Å². The van der Waals surface area contributed by atoms with Crippen molar-refractivity contribution in [3.63, 3.8) is 0 Å². The number of carbonyl (C=O) groups is 1. The van der Waals surface area contributed by atoms with Crippen LogP contribution < -0.4 is 4.90 Å². The molecule has 0 spiro atoms. The Balaban J connectivity index is 2.73.